The van der Waals surface area contributed by atoms with Gasteiger partial charge in [0.1, 0.15) is 23.1 Å². The van der Waals surface area contributed by atoms with Gasteiger partial charge in [0, 0.05) is 5.92 Å². The van der Waals surface area contributed by atoms with Crippen LogP contribution in [0.1, 0.15) is 55.8 Å². The van der Waals surface area contributed by atoms with Gasteiger partial charge in [0.2, 0.25) is 0 Å². The van der Waals surface area contributed by atoms with Gasteiger partial charge in [-0.15, -0.1) is 0 Å². The van der Waals surface area contributed by atoms with E-state index in [2.05, 4.69) is 0 Å². The lowest BCUT2D eigenvalue weighted by Gasteiger charge is -2.10. The number of rotatable bonds is 4. The van der Waals surface area contributed by atoms with Gasteiger partial charge in [-0.2, -0.15) is 0 Å². The Morgan fingerprint density at radius 3 is 1.44 bits per heavy atom. The minimum Gasteiger partial charge on any atom is -0.423 e. The molecule has 4 aromatic carbocycles. The van der Waals surface area contributed by atoms with E-state index in [4.69, 9.17) is 9.47 Å². The van der Waals surface area contributed by atoms with Gasteiger partial charge < -0.3 is 9.47 Å². The van der Waals surface area contributed by atoms with Gasteiger partial charge in [-0.05, 0) is 95.8 Å². The number of hydrogen-bond donors (Lipinski definition) is 0. The van der Waals surface area contributed by atoms with Crippen LogP contribution in [-0.2, 0) is 0 Å². The van der Waals surface area contributed by atoms with Gasteiger partial charge in [0.05, 0.1) is 11.1 Å². The van der Waals surface area contributed by atoms with E-state index >= 15 is 0 Å². The molecule has 5 rings (SSSR count). The van der Waals surface area contributed by atoms with Crippen LogP contribution in [0.15, 0.2) is 72.8 Å². The Hall–Kier alpha value is -4.32. The van der Waals surface area contributed by atoms with Crippen molar-refractivity contribution in [2.75, 3.05) is 0 Å². The van der Waals surface area contributed by atoms with E-state index in [-0.39, 0.29) is 17.0 Å². The first-order valence-corrected chi connectivity index (χ1v) is 11.5. The number of halogens is 2. The fourth-order valence-corrected chi connectivity index (χ4v) is 4.48. The van der Waals surface area contributed by atoms with E-state index in [1.54, 1.807) is 50.2 Å². The maximum absolute atomic E-state index is 14.2. The Kier molecular flexibility index (Phi) is 5.88. The van der Waals surface area contributed by atoms with Gasteiger partial charge >= 0.3 is 11.9 Å². The number of hydrogen-bond acceptors (Lipinski definition) is 4. The van der Waals surface area contributed by atoms with Crippen molar-refractivity contribution >= 4 is 11.9 Å². The molecule has 0 N–H and O–H groups in total. The molecule has 4 aromatic rings. The van der Waals surface area contributed by atoms with Crippen molar-refractivity contribution in [3.63, 3.8) is 0 Å². The second kappa shape index (κ2) is 9.04. The first-order valence-electron chi connectivity index (χ1n) is 11.5. The second-order valence-corrected chi connectivity index (χ2v) is 8.97. The van der Waals surface area contributed by atoms with E-state index < -0.39 is 23.6 Å². The largest absolute Gasteiger partial charge is 0.423 e. The molecule has 6 heteroatoms. The topological polar surface area (TPSA) is 52.6 Å². The van der Waals surface area contributed by atoms with Crippen LogP contribution in [0.3, 0.4) is 0 Å². The summed E-state index contributed by atoms with van der Waals surface area (Å²) in [6.07, 6.45) is 0. The molecule has 180 valence electrons. The summed E-state index contributed by atoms with van der Waals surface area (Å²) in [6.45, 7) is 5.47. The molecule has 0 radical (unpaired) electrons. The Labute approximate surface area is 207 Å². The highest BCUT2D eigenvalue weighted by atomic mass is 19.1. The van der Waals surface area contributed by atoms with Gasteiger partial charge in [-0.3, -0.25) is 0 Å². The normalized spacial score (nSPS) is 12.1. The quantitative estimate of drug-likeness (QED) is 0.228. The average Bonchev–Trinajstić information content (AvgIpc) is 3.10. The Morgan fingerprint density at radius 2 is 1.06 bits per heavy atom. The highest BCUT2D eigenvalue weighted by Gasteiger charge is 2.27. The maximum atomic E-state index is 14.2. The highest BCUT2D eigenvalue weighted by Crippen LogP contribution is 2.47. The molecule has 0 aliphatic heterocycles. The third-order valence-corrected chi connectivity index (χ3v) is 6.38. The average molecular weight is 484 g/mol. The molecule has 1 aliphatic rings. The number of ether oxygens (including phenoxy) is 2. The molecule has 0 saturated carbocycles. The Morgan fingerprint density at radius 1 is 0.639 bits per heavy atom. The van der Waals surface area contributed by atoms with Crippen LogP contribution in [0.2, 0.25) is 0 Å². The van der Waals surface area contributed by atoms with Crippen molar-refractivity contribution in [1.82, 2.24) is 0 Å². The first-order chi connectivity index (χ1) is 17.2. The van der Waals surface area contributed by atoms with Crippen LogP contribution in [0.4, 0.5) is 8.78 Å². The first kappa shape index (κ1) is 23.4. The van der Waals surface area contributed by atoms with Crippen LogP contribution in [-0.4, -0.2) is 11.9 Å². The molecule has 0 aromatic heterocycles. The molecular formula is C30H22F2O4. The molecule has 0 atom stereocenters. The Bertz CT molecular complexity index is 1430. The van der Waals surface area contributed by atoms with E-state index in [1.165, 1.54) is 24.3 Å². The SMILES string of the molecule is Cc1ccc(C(=O)Oc2ccc3c(c2)C(C)c2cc(OC(=O)c4ccc(C)cc4F)ccc2-3)c(F)c1. The molecule has 0 amide bonds. The zero-order chi connectivity index (χ0) is 25.6. The number of benzene rings is 4. The van der Waals surface area contributed by atoms with Crippen LogP contribution >= 0.6 is 0 Å². The zero-order valence-electron chi connectivity index (χ0n) is 19.9. The zero-order valence-corrected chi connectivity index (χ0v) is 19.9. The number of carbonyl (C=O) groups excluding carboxylic acids is 2. The van der Waals surface area contributed by atoms with E-state index in [0.29, 0.717) is 22.6 Å². The maximum Gasteiger partial charge on any atom is 0.346 e. The van der Waals surface area contributed by atoms with Crippen LogP contribution in [0, 0.1) is 25.5 Å². The van der Waals surface area contributed by atoms with E-state index in [0.717, 1.165) is 22.3 Å². The van der Waals surface area contributed by atoms with Gasteiger partial charge in [-0.1, -0.05) is 31.2 Å². The molecule has 0 bridgehead atoms. The van der Waals surface area contributed by atoms with Gasteiger partial charge in [-0.25, -0.2) is 18.4 Å². The Balaban J connectivity index is 1.37. The molecule has 0 saturated heterocycles. The summed E-state index contributed by atoms with van der Waals surface area (Å²) < 4.78 is 39.3. The standard InChI is InChI=1S/C30H22F2O4/c1-16-4-8-23(27(31)12-16)29(33)35-19-6-10-21-22-11-7-20(15-26(22)18(3)25(21)14-19)36-30(34)24-9-5-17(2)13-28(24)32/h4-15,18H,1-3H3. The number of carbonyl (C=O) groups is 2. The third kappa shape index (κ3) is 4.26. The summed E-state index contributed by atoms with van der Waals surface area (Å²) >= 11 is 0. The van der Waals surface area contributed by atoms with Crippen LogP contribution < -0.4 is 9.47 Å². The van der Waals surface area contributed by atoms with Crippen molar-refractivity contribution in [3.05, 3.63) is 118 Å². The lowest BCUT2D eigenvalue weighted by atomic mass is 9.99. The molecule has 4 nitrogen and oxygen atoms in total. The van der Waals surface area contributed by atoms with Crippen molar-refractivity contribution in [3.8, 4) is 22.6 Å². The molecule has 0 spiro atoms. The van der Waals surface area contributed by atoms with Gasteiger partial charge in [0.25, 0.3) is 0 Å². The summed E-state index contributed by atoms with van der Waals surface area (Å²) in [7, 11) is 0. The van der Waals surface area contributed by atoms with Crippen molar-refractivity contribution in [2.45, 2.75) is 26.7 Å². The number of fused-ring (bicyclic) bond motifs is 3. The second-order valence-electron chi connectivity index (χ2n) is 8.97. The lowest BCUT2D eigenvalue weighted by molar-refractivity contribution is 0.0720. The molecule has 0 unspecified atom stereocenters. The smallest absolute Gasteiger partial charge is 0.346 e. The molecule has 0 fully saturated rings. The summed E-state index contributed by atoms with van der Waals surface area (Å²) in [5.74, 6) is -2.27. The summed E-state index contributed by atoms with van der Waals surface area (Å²) in [5.41, 5.74) is 4.93. The molecule has 1 aliphatic carbocycles. The summed E-state index contributed by atoms with van der Waals surface area (Å²) in [5, 5.41) is 0. The van der Waals surface area contributed by atoms with Crippen molar-refractivity contribution in [1.29, 1.82) is 0 Å². The molecule has 36 heavy (non-hydrogen) atoms. The fraction of sp³-hybridized carbons (Fsp3) is 0.133. The number of esters is 2. The van der Waals surface area contributed by atoms with Gasteiger partial charge in [0.15, 0.2) is 0 Å². The molecular weight excluding hydrogens is 462 g/mol. The van der Waals surface area contributed by atoms with Crippen molar-refractivity contribution < 1.29 is 27.8 Å². The monoisotopic (exact) mass is 484 g/mol. The van der Waals surface area contributed by atoms with Crippen LogP contribution in [0.5, 0.6) is 11.5 Å². The van der Waals surface area contributed by atoms with Crippen molar-refractivity contribution in [2.24, 2.45) is 0 Å². The van der Waals surface area contributed by atoms with E-state index in [9.17, 15) is 18.4 Å². The third-order valence-electron chi connectivity index (χ3n) is 6.38. The fourth-order valence-electron chi connectivity index (χ4n) is 4.48. The lowest BCUT2D eigenvalue weighted by Crippen LogP contribution is -2.11. The predicted octanol–water partition coefficient (Wildman–Crippen LogP) is 7.15. The summed E-state index contributed by atoms with van der Waals surface area (Å²) in [4.78, 5) is 25.0. The van der Waals surface area contributed by atoms with E-state index in [1.807, 2.05) is 19.1 Å². The summed E-state index contributed by atoms with van der Waals surface area (Å²) in [6, 6.07) is 19.2. The number of aryl methyl sites for hydroxylation is 2. The van der Waals surface area contributed by atoms with Crippen LogP contribution in [0.25, 0.3) is 11.1 Å². The minimum absolute atomic E-state index is 0.0838. The minimum atomic E-state index is -0.770. The highest BCUT2D eigenvalue weighted by molar-refractivity contribution is 5.92. The predicted molar refractivity (Wildman–Crippen MR) is 132 cm³/mol. The molecule has 0 heterocycles.